The van der Waals surface area contributed by atoms with E-state index in [1.54, 1.807) is 9.47 Å². The summed E-state index contributed by atoms with van der Waals surface area (Å²) in [4.78, 5) is 28.4. The highest BCUT2D eigenvalue weighted by Crippen LogP contribution is 2.40. The molecule has 1 amide bonds. The molecule has 154 valence electrons. The summed E-state index contributed by atoms with van der Waals surface area (Å²) in [5, 5.41) is 10.9. The van der Waals surface area contributed by atoms with E-state index in [-0.39, 0.29) is 29.1 Å². The quantitative estimate of drug-likeness (QED) is 0.863. The summed E-state index contributed by atoms with van der Waals surface area (Å²) in [6, 6.07) is 1.93. The summed E-state index contributed by atoms with van der Waals surface area (Å²) in [5.41, 5.74) is 1.06. The van der Waals surface area contributed by atoms with Crippen LogP contribution in [0.2, 0.25) is 0 Å². The van der Waals surface area contributed by atoms with Crippen LogP contribution in [0.1, 0.15) is 66.6 Å². The molecule has 3 heterocycles. The number of amides is 1. The maximum Gasteiger partial charge on any atom is 0.263 e. The van der Waals surface area contributed by atoms with Gasteiger partial charge in [-0.1, -0.05) is 12.8 Å². The largest absolute Gasteiger partial charge is 0.389 e. The summed E-state index contributed by atoms with van der Waals surface area (Å²) in [6.45, 7) is 6.08. The molecule has 0 spiro atoms. The number of carbonyl (C=O) groups is 1. The molecule has 6 heteroatoms. The van der Waals surface area contributed by atoms with E-state index in [1.165, 1.54) is 0 Å². The molecule has 1 N–H and O–H groups in total. The van der Waals surface area contributed by atoms with Crippen LogP contribution in [0, 0.1) is 19.8 Å². The zero-order valence-corrected chi connectivity index (χ0v) is 17.1. The first-order valence-electron chi connectivity index (χ1n) is 10.7. The third kappa shape index (κ3) is 3.52. The van der Waals surface area contributed by atoms with Gasteiger partial charge in [0.25, 0.3) is 11.5 Å². The Balaban J connectivity index is 1.59. The van der Waals surface area contributed by atoms with Crippen molar-refractivity contribution in [1.82, 2.24) is 9.47 Å². The fourth-order valence-electron chi connectivity index (χ4n) is 5.32. The molecule has 1 saturated carbocycles. The molecule has 28 heavy (non-hydrogen) atoms. The van der Waals surface area contributed by atoms with Crippen LogP contribution >= 0.6 is 0 Å². The molecule has 0 aromatic carbocycles. The Morgan fingerprint density at radius 1 is 1.25 bits per heavy atom. The van der Waals surface area contributed by atoms with Crippen molar-refractivity contribution in [3.05, 3.63) is 33.2 Å². The number of carbonyl (C=O) groups excluding carboxylic acids is 1. The molecule has 3 fully saturated rings. The van der Waals surface area contributed by atoms with E-state index < -0.39 is 5.60 Å². The lowest BCUT2D eigenvalue weighted by molar-refractivity contribution is -0.0886. The van der Waals surface area contributed by atoms with Gasteiger partial charge in [-0.2, -0.15) is 0 Å². The average molecular weight is 389 g/mol. The zero-order chi connectivity index (χ0) is 19.9. The molecular weight excluding hydrogens is 356 g/mol. The SMILES string of the molecule is Cc1cc(C)n(CC2CCCO2)c(=O)c1C(=O)N1CCC2(O)CCCCC2C1. The van der Waals surface area contributed by atoms with E-state index in [0.29, 0.717) is 26.1 Å². The normalized spacial score (nSPS) is 30.3. The average Bonchev–Trinajstić information content (AvgIpc) is 3.17. The molecule has 0 bridgehead atoms. The van der Waals surface area contributed by atoms with Crippen molar-refractivity contribution in [2.75, 3.05) is 19.7 Å². The highest BCUT2D eigenvalue weighted by atomic mass is 16.5. The van der Waals surface area contributed by atoms with E-state index in [9.17, 15) is 14.7 Å². The maximum absolute atomic E-state index is 13.3. The summed E-state index contributed by atoms with van der Waals surface area (Å²) in [5.74, 6) is -0.0602. The van der Waals surface area contributed by atoms with E-state index >= 15 is 0 Å². The summed E-state index contributed by atoms with van der Waals surface area (Å²) < 4.78 is 7.41. The number of likely N-dealkylation sites (tertiary alicyclic amines) is 1. The van der Waals surface area contributed by atoms with Gasteiger partial charge in [0.1, 0.15) is 5.56 Å². The zero-order valence-electron chi connectivity index (χ0n) is 17.1. The van der Waals surface area contributed by atoms with E-state index in [4.69, 9.17) is 4.74 Å². The Labute approximate surface area is 166 Å². The third-order valence-electron chi connectivity index (χ3n) is 7.04. The topological polar surface area (TPSA) is 71.8 Å². The Bertz CT molecular complexity index is 811. The maximum atomic E-state index is 13.3. The number of aromatic nitrogens is 1. The number of pyridine rings is 1. The molecule has 3 atom stereocenters. The predicted molar refractivity (Wildman–Crippen MR) is 107 cm³/mol. The standard InChI is InChI=1S/C22H32N2O4/c1-15-12-16(2)24(14-18-7-5-11-28-18)21(26)19(15)20(25)23-10-9-22(27)8-4-3-6-17(22)13-23/h12,17-18,27H,3-11,13-14H2,1-2H3. The second kappa shape index (κ2) is 7.64. The second-order valence-corrected chi connectivity index (χ2v) is 8.94. The van der Waals surface area contributed by atoms with Gasteiger partial charge in [0.05, 0.1) is 18.2 Å². The minimum atomic E-state index is -0.628. The Kier molecular flexibility index (Phi) is 5.36. The van der Waals surface area contributed by atoms with Crippen molar-refractivity contribution in [2.24, 2.45) is 5.92 Å². The van der Waals surface area contributed by atoms with Crippen LogP contribution in [0.25, 0.3) is 0 Å². The third-order valence-corrected chi connectivity index (χ3v) is 7.04. The first kappa shape index (κ1) is 19.6. The number of aryl methyl sites for hydroxylation is 2. The lowest BCUT2D eigenvalue weighted by atomic mass is 9.71. The van der Waals surface area contributed by atoms with Crippen LogP contribution in [0.5, 0.6) is 0 Å². The second-order valence-electron chi connectivity index (χ2n) is 8.94. The molecule has 1 aromatic heterocycles. The van der Waals surface area contributed by atoms with Crippen molar-refractivity contribution in [1.29, 1.82) is 0 Å². The van der Waals surface area contributed by atoms with Gasteiger partial charge < -0.3 is 19.3 Å². The number of piperidine rings is 1. The number of fused-ring (bicyclic) bond motifs is 1. The van der Waals surface area contributed by atoms with Gasteiger partial charge in [-0.3, -0.25) is 9.59 Å². The fourth-order valence-corrected chi connectivity index (χ4v) is 5.32. The minimum Gasteiger partial charge on any atom is -0.389 e. The van der Waals surface area contributed by atoms with E-state index in [0.717, 1.165) is 56.4 Å². The first-order chi connectivity index (χ1) is 13.4. The smallest absolute Gasteiger partial charge is 0.263 e. The monoisotopic (exact) mass is 388 g/mol. The van der Waals surface area contributed by atoms with Crippen LogP contribution in [0.3, 0.4) is 0 Å². The van der Waals surface area contributed by atoms with Crippen LogP contribution in [0.15, 0.2) is 10.9 Å². The number of ether oxygens (including phenoxy) is 1. The molecule has 3 aliphatic rings. The van der Waals surface area contributed by atoms with Gasteiger partial charge in [-0.25, -0.2) is 0 Å². The molecule has 2 saturated heterocycles. The van der Waals surface area contributed by atoms with Crippen molar-refractivity contribution in [3.8, 4) is 0 Å². The predicted octanol–water partition coefficient (Wildman–Crippen LogP) is 2.41. The van der Waals surface area contributed by atoms with Crippen LogP contribution in [-0.4, -0.2) is 51.9 Å². The van der Waals surface area contributed by atoms with Crippen molar-refractivity contribution >= 4 is 5.91 Å². The Hall–Kier alpha value is -1.66. The van der Waals surface area contributed by atoms with Crippen LogP contribution < -0.4 is 5.56 Å². The van der Waals surface area contributed by atoms with Gasteiger partial charge in [-0.05, 0) is 57.6 Å². The van der Waals surface area contributed by atoms with Gasteiger partial charge in [-0.15, -0.1) is 0 Å². The molecule has 1 aliphatic carbocycles. The highest BCUT2D eigenvalue weighted by molar-refractivity contribution is 5.95. The van der Waals surface area contributed by atoms with E-state index in [2.05, 4.69) is 0 Å². The molecular formula is C22H32N2O4. The van der Waals surface area contributed by atoms with Crippen LogP contribution in [-0.2, 0) is 11.3 Å². The van der Waals surface area contributed by atoms with Crippen molar-refractivity contribution < 1.29 is 14.6 Å². The first-order valence-corrected chi connectivity index (χ1v) is 10.7. The molecule has 1 aromatic rings. The number of aliphatic hydroxyl groups is 1. The lowest BCUT2D eigenvalue weighted by Gasteiger charge is -2.47. The summed E-state index contributed by atoms with van der Waals surface area (Å²) in [7, 11) is 0. The Morgan fingerprint density at radius 3 is 2.82 bits per heavy atom. The molecule has 3 unspecified atom stereocenters. The lowest BCUT2D eigenvalue weighted by Crippen LogP contribution is -2.55. The molecule has 4 rings (SSSR count). The number of hydrogen-bond acceptors (Lipinski definition) is 4. The van der Waals surface area contributed by atoms with Crippen LogP contribution in [0.4, 0.5) is 0 Å². The van der Waals surface area contributed by atoms with Crippen molar-refractivity contribution in [3.63, 3.8) is 0 Å². The number of hydrogen-bond donors (Lipinski definition) is 1. The van der Waals surface area contributed by atoms with Gasteiger partial charge >= 0.3 is 0 Å². The van der Waals surface area contributed by atoms with E-state index in [1.807, 2.05) is 19.9 Å². The van der Waals surface area contributed by atoms with Gasteiger partial charge in [0.15, 0.2) is 0 Å². The molecule has 6 nitrogen and oxygen atoms in total. The summed E-state index contributed by atoms with van der Waals surface area (Å²) in [6.07, 6.45) is 6.59. The minimum absolute atomic E-state index is 0.0503. The summed E-state index contributed by atoms with van der Waals surface area (Å²) >= 11 is 0. The van der Waals surface area contributed by atoms with Crippen molar-refractivity contribution in [2.45, 2.75) is 77.0 Å². The fraction of sp³-hybridized carbons (Fsp3) is 0.727. The molecule has 0 radical (unpaired) electrons. The van der Waals surface area contributed by atoms with Gasteiger partial charge in [0, 0.05) is 31.3 Å². The number of nitrogens with zero attached hydrogens (tertiary/aromatic N) is 2. The Morgan fingerprint density at radius 2 is 2.07 bits per heavy atom. The highest BCUT2D eigenvalue weighted by Gasteiger charge is 2.44. The van der Waals surface area contributed by atoms with Gasteiger partial charge in [0.2, 0.25) is 0 Å². The number of rotatable bonds is 3. The molecule has 2 aliphatic heterocycles.